The van der Waals surface area contributed by atoms with Gasteiger partial charge in [-0.1, -0.05) is 36.0 Å². The van der Waals surface area contributed by atoms with Crippen LogP contribution in [-0.4, -0.2) is 46.2 Å². The third-order valence-electron chi connectivity index (χ3n) is 4.37. The average molecular weight is 426 g/mol. The molecule has 0 fully saturated rings. The molecule has 2 N–H and O–H groups in total. The van der Waals surface area contributed by atoms with Gasteiger partial charge in [-0.15, -0.1) is 10.2 Å². The molecule has 0 unspecified atom stereocenters. The second-order valence-corrected chi connectivity index (χ2v) is 6.97. The molecular weight excluding hydrogens is 408 g/mol. The maximum absolute atomic E-state index is 11.1. The molecule has 0 amide bonds. The number of rotatable bonds is 6. The second-order valence-electron chi connectivity index (χ2n) is 6.20. The number of benzene rings is 2. The number of ether oxygens (including phenoxy) is 3. The van der Waals surface area contributed by atoms with Gasteiger partial charge in [-0.3, -0.25) is 0 Å². The summed E-state index contributed by atoms with van der Waals surface area (Å²) < 4.78 is 17.1. The molecule has 0 radical (unpaired) electrons. The number of fused-ring (bicyclic) bond motifs is 3. The molecule has 0 aliphatic carbocycles. The summed E-state index contributed by atoms with van der Waals surface area (Å²) in [7, 11) is 1.49. The van der Waals surface area contributed by atoms with Crippen molar-refractivity contribution in [1.82, 2.24) is 15.2 Å². The van der Waals surface area contributed by atoms with E-state index in [0.29, 0.717) is 28.0 Å². The summed E-state index contributed by atoms with van der Waals surface area (Å²) in [6.07, 6.45) is 1.11. The highest BCUT2D eigenvalue weighted by Crippen LogP contribution is 2.43. The Balaban J connectivity index is 1.83. The number of aliphatic carboxylic acids is 1. The summed E-state index contributed by atoms with van der Waals surface area (Å²) in [5.41, 5.74) is 2.62. The zero-order valence-electron chi connectivity index (χ0n) is 16.2. The predicted molar refractivity (Wildman–Crippen MR) is 110 cm³/mol. The number of carbonyl (C=O) groups is 1. The first-order valence-electron chi connectivity index (χ1n) is 8.93. The molecule has 1 aliphatic heterocycles. The Morgan fingerprint density at radius 3 is 2.83 bits per heavy atom. The average Bonchev–Trinajstić information content (AvgIpc) is 2.93. The van der Waals surface area contributed by atoms with Gasteiger partial charge in [-0.2, -0.15) is 4.98 Å². The van der Waals surface area contributed by atoms with Crippen molar-refractivity contribution in [3.8, 4) is 28.6 Å². The fourth-order valence-electron chi connectivity index (χ4n) is 3.06. The first-order chi connectivity index (χ1) is 14.6. The van der Waals surface area contributed by atoms with Crippen molar-refractivity contribution in [2.45, 2.75) is 11.4 Å². The summed E-state index contributed by atoms with van der Waals surface area (Å²) >= 11 is 1.35. The smallest absolute Gasteiger partial charge is 0.341 e. The van der Waals surface area contributed by atoms with E-state index in [1.54, 1.807) is 18.2 Å². The number of carboxylic acids is 1. The van der Waals surface area contributed by atoms with Crippen LogP contribution in [-0.2, 0) is 4.79 Å². The van der Waals surface area contributed by atoms with Crippen LogP contribution in [0, 0.1) is 0 Å². The molecule has 10 heteroatoms. The van der Waals surface area contributed by atoms with Crippen molar-refractivity contribution >= 4 is 23.4 Å². The van der Waals surface area contributed by atoms with Gasteiger partial charge in [-0.05, 0) is 24.5 Å². The van der Waals surface area contributed by atoms with E-state index in [1.807, 2.05) is 30.5 Å². The highest BCUT2D eigenvalue weighted by Gasteiger charge is 2.29. The lowest BCUT2D eigenvalue weighted by molar-refractivity contribution is -0.139. The predicted octanol–water partition coefficient (Wildman–Crippen LogP) is 3.24. The lowest BCUT2D eigenvalue weighted by Crippen LogP contribution is -2.20. The van der Waals surface area contributed by atoms with Crippen LogP contribution < -0.4 is 19.5 Å². The van der Waals surface area contributed by atoms with Gasteiger partial charge in [0.1, 0.15) is 0 Å². The van der Waals surface area contributed by atoms with Gasteiger partial charge in [0.05, 0.1) is 12.7 Å². The number of nitrogens with zero attached hydrogens (tertiary/aromatic N) is 3. The second kappa shape index (κ2) is 8.46. The third-order valence-corrected chi connectivity index (χ3v) is 4.91. The van der Waals surface area contributed by atoms with Crippen LogP contribution in [0.15, 0.2) is 47.6 Å². The standard InChI is InChI=1S/C20H18N4O5S/c1-27-14-9-5-7-12(17(14)28-10-15(25)26)18-21-13-8-4-3-6-11(13)16-19(29-18)22-20(30-2)24-23-16/h3-9,18,21H,10H2,1-2H3,(H,25,26)/t18-/m0/s1. The largest absolute Gasteiger partial charge is 0.493 e. The van der Waals surface area contributed by atoms with Crippen LogP contribution in [0.25, 0.3) is 11.3 Å². The number of nitrogens with one attached hydrogen (secondary N) is 1. The van der Waals surface area contributed by atoms with Gasteiger partial charge in [0, 0.05) is 11.3 Å². The van der Waals surface area contributed by atoms with Gasteiger partial charge < -0.3 is 24.6 Å². The highest BCUT2D eigenvalue weighted by atomic mass is 32.2. The first-order valence-corrected chi connectivity index (χ1v) is 10.2. The molecular formula is C20H18N4O5S. The number of aromatic nitrogens is 3. The molecule has 0 spiro atoms. The van der Waals surface area contributed by atoms with Crippen LogP contribution >= 0.6 is 11.8 Å². The zero-order chi connectivity index (χ0) is 21.1. The number of para-hydroxylation sites is 2. The normalized spacial score (nSPS) is 14.4. The zero-order valence-corrected chi connectivity index (χ0v) is 17.0. The lowest BCUT2D eigenvalue weighted by Gasteiger charge is -2.22. The number of anilines is 1. The third kappa shape index (κ3) is 3.81. The maximum atomic E-state index is 11.1. The molecule has 1 atom stereocenters. The van der Waals surface area contributed by atoms with E-state index in [2.05, 4.69) is 20.5 Å². The van der Waals surface area contributed by atoms with Crippen LogP contribution in [0.2, 0.25) is 0 Å². The summed E-state index contributed by atoms with van der Waals surface area (Å²) in [5.74, 6) is -0.127. The van der Waals surface area contributed by atoms with E-state index in [1.165, 1.54) is 18.9 Å². The van der Waals surface area contributed by atoms with E-state index in [9.17, 15) is 4.79 Å². The van der Waals surface area contributed by atoms with Gasteiger partial charge in [0.25, 0.3) is 0 Å². The van der Waals surface area contributed by atoms with E-state index < -0.39 is 18.8 Å². The van der Waals surface area contributed by atoms with E-state index in [-0.39, 0.29) is 5.75 Å². The Hall–Kier alpha value is -3.53. The Morgan fingerprint density at radius 1 is 1.23 bits per heavy atom. The molecule has 0 saturated carbocycles. The van der Waals surface area contributed by atoms with E-state index >= 15 is 0 Å². The molecule has 4 rings (SSSR count). The molecule has 1 aromatic heterocycles. The molecule has 0 bridgehead atoms. The first kappa shape index (κ1) is 19.8. The van der Waals surface area contributed by atoms with Crippen molar-refractivity contribution in [1.29, 1.82) is 0 Å². The number of hydrogen-bond donors (Lipinski definition) is 2. The minimum absolute atomic E-state index is 0.271. The van der Waals surface area contributed by atoms with Crippen LogP contribution in [0.1, 0.15) is 11.8 Å². The molecule has 3 aromatic rings. The van der Waals surface area contributed by atoms with Gasteiger partial charge >= 0.3 is 5.97 Å². The molecule has 2 aromatic carbocycles. The highest BCUT2D eigenvalue weighted by molar-refractivity contribution is 7.98. The maximum Gasteiger partial charge on any atom is 0.341 e. The Morgan fingerprint density at radius 2 is 2.07 bits per heavy atom. The Bertz CT molecular complexity index is 1090. The van der Waals surface area contributed by atoms with Gasteiger partial charge in [0.15, 0.2) is 23.8 Å². The molecule has 154 valence electrons. The van der Waals surface area contributed by atoms with E-state index in [0.717, 1.165) is 11.3 Å². The van der Waals surface area contributed by atoms with Crippen molar-refractivity contribution in [3.05, 3.63) is 48.0 Å². The number of hydrogen-bond acceptors (Lipinski definition) is 9. The minimum atomic E-state index is -1.10. The van der Waals surface area contributed by atoms with Crippen LogP contribution in [0.4, 0.5) is 5.69 Å². The lowest BCUT2D eigenvalue weighted by atomic mass is 10.1. The monoisotopic (exact) mass is 426 g/mol. The summed E-state index contributed by atoms with van der Waals surface area (Å²) in [6, 6.07) is 12.8. The van der Waals surface area contributed by atoms with Gasteiger partial charge in [0.2, 0.25) is 17.3 Å². The quantitative estimate of drug-likeness (QED) is 0.569. The summed E-state index contributed by atoms with van der Waals surface area (Å²) in [6.45, 7) is -0.520. The number of thioether (sulfide) groups is 1. The molecule has 1 aliphatic rings. The van der Waals surface area contributed by atoms with Crippen molar-refractivity contribution in [2.75, 3.05) is 25.3 Å². The number of carboxylic acid groups (broad SMARTS) is 1. The molecule has 30 heavy (non-hydrogen) atoms. The topological polar surface area (TPSA) is 116 Å². The Kier molecular flexibility index (Phi) is 5.57. The van der Waals surface area contributed by atoms with E-state index in [4.69, 9.17) is 19.3 Å². The summed E-state index contributed by atoms with van der Waals surface area (Å²) in [4.78, 5) is 15.5. The fraction of sp³-hybridized carbons (Fsp3) is 0.200. The van der Waals surface area contributed by atoms with Crippen molar-refractivity contribution in [3.63, 3.8) is 0 Å². The Labute approximate surface area is 176 Å². The van der Waals surface area contributed by atoms with Crippen LogP contribution in [0.3, 0.4) is 0 Å². The minimum Gasteiger partial charge on any atom is -0.493 e. The SMILES string of the molecule is COc1cccc([C@H]2Nc3ccccc3-c3nnc(SC)nc3O2)c1OCC(=O)O. The molecule has 2 heterocycles. The van der Waals surface area contributed by atoms with Gasteiger partial charge in [-0.25, -0.2) is 4.79 Å². The fourth-order valence-corrected chi connectivity index (χ4v) is 3.36. The van der Waals surface area contributed by atoms with Crippen molar-refractivity contribution in [2.24, 2.45) is 0 Å². The summed E-state index contributed by atoms with van der Waals surface area (Å²) in [5, 5.41) is 21.3. The van der Waals surface area contributed by atoms with Crippen LogP contribution in [0.5, 0.6) is 17.4 Å². The number of methoxy groups -OCH3 is 1. The molecule has 9 nitrogen and oxygen atoms in total. The van der Waals surface area contributed by atoms with Crippen molar-refractivity contribution < 1.29 is 24.1 Å². The molecule has 0 saturated heterocycles.